The molecule has 0 saturated heterocycles. The summed E-state index contributed by atoms with van der Waals surface area (Å²) in [5.41, 5.74) is 0.327. The Balaban J connectivity index is 1.88. The summed E-state index contributed by atoms with van der Waals surface area (Å²) in [7, 11) is -3.63. The van der Waals surface area contributed by atoms with Gasteiger partial charge in [0.05, 0.1) is 10.6 Å². The highest BCUT2D eigenvalue weighted by atomic mass is 32.2. The molecule has 0 aliphatic rings. The van der Waals surface area contributed by atoms with Gasteiger partial charge in [-0.2, -0.15) is 4.31 Å². The molecule has 152 valence electrons. The second kappa shape index (κ2) is 8.22. The number of nitrogens with zero attached hydrogens (tertiary/aromatic N) is 2. The molecule has 3 aromatic rings. The minimum atomic E-state index is -3.63. The van der Waals surface area contributed by atoms with E-state index < -0.39 is 27.6 Å². The molecule has 3 rings (SSSR count). The molecule has 0 saturated carbocycles. The van der Waals surface area contributed by atoms with Gasteiger partial charge in [0.1, 0.15) is 11.3 Å². The van der Waals surface area contributed by atoms with Crippen molar-refractivity contribution in [1.82, 2.24) is 9.29 Å². The van der Waals surface area contributed by atoms with Crippen LogP contribution in [0.1, 0.15) is 24.2 Å². The van der Waals surface area contributed by atoms with Crippen LogP contribution in [0.3, 0.4) is 0 Å². The molecular weight excluding hydrogens is 400 g/mol. The third-order valence-corrected chi connectivity index (χ3v) is 6.54. The molecule has 0 aliphatic carbocycles. The number of carbonyl (C=O) groups is 1. The van der Waals surface area contributed by atoms with Crippen molar-refractivity contribution in [3.05, 3.63) is 65.9 Å². The van der Waals surface area contributed by atoms with Gasteiger partial charge >= 0.3 is 0 Å². The number of amides is 1. The molecule has 1 heterocycles. The number of anilines is 1. The lowest BCUT2D eigenvalue weighted by atomic mass is 10.1. The van der Waals surface area contributed by atoms with Gasteiger partial charge in [0, 0.05) is 36.3 Å². The fourth-order valence-electron chi connectivity index (χ4n) is 2.97. The van der Waals surface area contributed by atoms with E-state index in [4.69, 9.17) is 0 Å². The monoisotopic (exact) mass is 419 g/mol. The number of pyridine rings is 1. The van der Waals surface area contributed by atoms with Crippen LogP contribution in [-0.2, 0) is 10.0 Å². The zero-order valence-electron chi connectivity index (χ0n) is 15.8. The highest BCUT2D eigenvalue weighted by Gasteiger charge is 2.22. The van der Waals surface area contributed by atoms with Gasteiger partial charge in [0.2, 0.25) is 10.0 Å². The summed E-state index contributed by atoms with van der Waals surface area (Å²) < 4.78 is 53.8. The van der Waals surface area contributed by atoms with E-state index in [1.807, 2.05) is 0 Å². The van der Waals surface area contributed by atoms with E-state index in [1.54, 1.807) is 13.8 Å². The van der Waals surface area contributed by atoms with Gasteiger partial charge in [-0.25, -0.2) is 17.2 Å². The van der Waals surface area contributed by atoms with Crippen molar-refractivity contribution in [2.75, 3.05) is 18.4 Å². The predicted molar refractivity (Wildman–Crippen MR) is 106 cm³/mol. The quantitative estimate of drug-likeness (QED) is 0.659. The summed E-state index contributed by atoms with van der Waals surface area (Å²) in [5, 5.41) is 2.71. The second-order valence-electron chi connectivity index (χ2n) is 6.21. The van der Waals surface area contributed by atoms with Crippen molar-refractivity contribution in [2.24, 2.45) is 0 Å². The number of fused-ring (bicyclic) bond motifs is 1. The molecule has 0 unspecified atom stereocenters. The van der Waals surface area contributed by atoms with Gasteiger partial charge in [-0.3, -0.25) is 9.78 Å². The molecule has 0 bridgehead atoms. The van der Waals surface area contributed by atoms with Gasteiger partial charge in [-0.1, -0.05) is 13.8 Å². The number of carbonyl (C=O) groups excluding carboxylic acids is 1. The van der Waals surface area contributed by atoms with Gasteiger partial charge in [0.25, 0.3) is 5.91 Å². The predicted octanol–water partition coefficient (Wildman–Crippen LogP) is 3.80. The van der Waals surface area contributed by atoms with Crippen LogP contribution in [0.15, 0.2) is 53.6 Å². The van der Waals surface area contributed by atoms with Crippen LogP contribution in [0.5, 0.6) is 0 Å². The van der Waals surface area contributed by atoms with Crippen molar-refractivity contribution in [1.29, 1.82) is 0 Å². The Morgan fingerprint density at radius 3 is 2.34 bits per heavy atom. The second-order valence-corrected chi connectivity index (χ2v) is 8.15. The molecule has 0 atom stereocenters. The summed E-state index contributed by atoms with van der Waals surface area (Å²) in [5.74, 6) is -2.17. The van der Waals surface area contributed by atoms with Crippen LogP contribution in [0.4, 0.5) is 14.5 Å². The van der Waals surface area contributed by atoms with E-state index in [1.165, 1.54) is 40.8 Å². The molecule has 0 fully saturated rings. The Hall–Kier alpha value is -2.91. The third kappa shape index (κ3) is 4.10. The van der Waals surface area contributed by atoms with Crippen molar-refractivity contribution in [2.45, 2.75) is 18.7 Å². The molecule has 0 spiro atoms. The number of sulfonamides is 1. The third-order valence-electron chi connectivity index (χ3n) is 4.47. The summed E-state index contributed by atoms with van der Waals surface area (Å²) in [6.45, 7) is 4.16. The molecule has 1 N–H and O–H groups in total. The number of halogens is 2. The Morgan fingerprint density at radius 1 is 1.07 bits per heavy atom. The van der Waals surface area contributed by atoms with Gasteiger partial charge < -0.3 is 5.32 Å². The molecule has 9 heteroatoms. The molecule has 6 nitrogen and oxygen atoms in total. The Kier molecular flexibility index (Phi) is 5.90. The van der Waals surface area contributed by atoms with Crippen molar-refractivity contribution >= 4 is 32.5 Å². The summed E-state index contributed by atoms with van der Waals surface area (Å²) >= 11 is 0. The van der Waals surface area contributed by atoms with Crippen LogP contribution < -0.4 is 5.32 Å². The number of hydrogen-bond donors (Lipinski definition) is 1. The Morgan fingerprint density at radius 2 is 1.72 bits per heavy atom. The lowest BCUT2D eigenvalue weighted by Crippen LogP contribution is -2.30. The maximum Gasteiger partial charge on any atom is 0.255 e. The van der Waals surface area contributed by atoms with Crippen LogP contribution >= 0.6 is 0 Å². The van der Waals surface area contributed by atoms with Crippen LogP contribution in [0.25, 0.3) is 10.9 Å². The molecule has 2 aromatic carbocycles. The number of benzene rings is 2. The topological polar surface area (TPSA) is 79.4 Å². The first-order chi connectivity index (χ1) is 13.8. The normalized spacial score (nSPS) is 11.8. The maximum atomic E-state index is 13.9. The minimum absolute atomic E-state index is 0.0649. The largest absolute Gasteiger partial charge is 0.321 e. The Bertz CT molecular complexity index is 1160. The number of aromatic nitrogens is 1. The number of nitrogens with one attached hydrogen (secondary N) is 1. The van der Waals surface area contributed by atoms with E-state index >= 15 is 0 Å². The van der Waals surface area contributed by atoms with Crippen LogP contribution in [-0.4, -0.2) is 36.7 Å². The SMILES string of the molecule is CCN(CC)S(=O)(=O)c1ccc(C(=O)Nc2ccnc3c(F)cc(F)cc23)cc1. The first kappa shape index (κ1) is 20.8. The first-order valence-corrected chi connectivity index (χ1v) is 10.4. The maximum absolute atomic E-state index is 13.9. The van der Waals surface area contributed by atoms with E-state index in [2.05, 4.69) is 10.3 Å². The summed E-state index contributed by atoms with van der Waals surface area (Å²) in [6.07, 6.45) is 1.30. The highest BCUT2D eigenvalue weighted by molar-refractivity contribution is 7.89. The zero-order chi connectivity index (χ0) is 21.2. The lowest BCUT2D eigenvalue weighted by Gasteiger charge is -2.18. The average molecular weight is 419 g/mol. The van der Waals surface area contributed by atoms with E-state index in [-0.39, 0.29) is 27.0 Å². The molecule has 29 heavy (non-hydrogen) atoms. The fraction of sp³-hybridized carbons (Fsp3) is 0.200. The van der Waals surface area contributed by atoms with Crippen molar-refractivity contribution in [3.8, 4) is 0 Å². The molecule has 0 aliphatic heterocycles. The van der Waals surface area contributed by atoms with Crippen LogP contribution in [0, 0.1) is 11.6 Å². The standard InChI is InChI=1S/C20H19F2N3O3S/c1-3-25(4-2)29(27,28)15-7-5-13(6-8-15)20(26)24-18-9-10-23-19-16(18)11-14(21)12-17(19)22/h5-12H,3-4H2,1-2H3,(H,23,24,26). The summed E-state index contributed by atoms with van der Waals surface area (Å²) in [4.78, 5) is 16.5. The first-order valence-electron chi connectivity index (χ1n) is 8.93. The fourth-order valence-corrected chi connectivity index (χ4v) is 4.43. The minimum Gasteiger partial charge on any atom is -0.321 e. The average Bonchev–Trinajstić information content (AvgIpc) is 2.69. The van der Waals surface area contributed by atoms with Gasteiger partial charge in [-0.15, -0.1) is 0 Å². The van der Waals surface area contributed by atoms with Crippen LogP contribution in [0.2, 0.25) is 0 Å². The van der Waals surface area contributed by atoms with Crippen molar-refractivity contribution < 1.29 is 22.0 Å². The van der Waals surface area contributed by atoms with E-state index in [9.17, 15) is 22.0 Å². The van der Waals surface area contributed by atoms with E-state index in [0.717, 1.165) is 12.1 Å². The van der Waals surface area contributed by atoms with E-state index in [0.29, 0.717) is 13.1 Å². The molecule has 1 aromatic heterocycles. The molecular formula is C20H19F2N3O3S. The lowest BCUT2D eigenvalue weighted by molar-refractivity contribution is 0.102. The smallest absolute Gasteiger partial charge is 0.255 e. The zero-order valence-corrected chi connectivity index (χ0v) is 16.6. The number of hydrogen-bond acceptors (Lipinski definition) is 4. The van der Waals surface area contributed by atoms with Gasteiger partial charge in [-0.05, 0) is 36.4 Å². The Labute approximate surface area is 167 Å². The highest BCUT2D eigenvalue weighted by Crippen LogP contribution is 2.25. The van der Waals surface area contributed by atoms with Gasteiger partial charge in [0.15, 0.2) is 5.82 Å². The number of rotatable bonds is 6. The van der Waals surface area contributed by atoms with Crippen molar-refractivity contribution in [3.63, 3.8) is 0 Å². The molecule has 0 radical (unpaired) electrons. The molecule has 1 amide bonds. The summed E-state index contributed by atoms with van der Waals surface area (Å²) in [6, 6.07) is 8.71.